The van der Waals surface area contributed by atoms with E-state index in [4.69, 9.17) is 14.7 Å². The lowest BCUT2D eigenvalue weighted by atomic mass is 10.0. The van der Waals surface area contributed by atoms with Crippen LogP contribution in [0.5, 0.6) is 11.5 Å². The zero-order chi connectivity index (χ0) is 16.5. The van der Waals surface area contributed by atoms with Crippen molar-refractivity contribution in [2.24, 2.45) is 5.92 Å². The van der Waals surface area contributed by atoms with Crippen LogP contribution in [0.25, 0.3) is 0 Å². The van der Waals surface area contributed by atoms with E-state index in [2.05, 4.69) is 19.2 Å². The summed E-state index contributed by atoms with van der Waals surface area (Å²) >= 11 is 0. The number of amides is 1. The molecule has 0 radical (unpaired) electrons. The van der Waals surface area contributed by atoms with Crippen molar-refractivity contribution in [1.82, 2.24) is 5.32 Å². The van der Waals surface area contributed by atoms with Gasteiger partial charge in [0.05, 0.1) is 18.7 Å². The van der Waals surface area contributed by atoms with E-state index in [9.17, 15) is 4.79 Å². The Hall–Kier alpha value is -2.22. The van der Waals surface area contributed by atoms with Crippen LogP contribution in [0.3, 0.4) is 0 Å². The Bertz CT molecular complexity index is 535. The van der Waals surface area contributed by atoms with Crippen molar-refractivity contribution in [2.75, 3.05) is 13.7 Å². The third kappa shape index (κ3) is 6.04. The van der Waals surface area contributed by atoms with E-state index in [-0.39, 0.29) is 18.6 Å². The van der Waals surface area contributed by atoms with Gasteiger partial charge in [0, 0.05) is 12.1 Å². The molecular weight excluding hydrogens is 280 g/mol. The van der Waals surface area contributed by atoms with Crippen molar-refractivity contribution < 1.29 is 14.3 Å². The average molecular weight is 304 g/mol. The number of methoxy groups -OCH3 is 1. The molecule has 5 nitrogen and oxygen atoms in total. The van der Waals surface area contributed by atoms with Crippen molar-refractivity contribution in [3.63, 3.8) is 0 Å². The first-order valence-corrected chi connectivity index (χ1v) is 7.46. The SMILES string of the molecule is COc1cc(C#N)ccc1OCC(=O)N[C@H](C)CCC(C)C. The minimum atomic E-state index is -0.164. The van der Waals surface area contributed by atoms with E-state index in [1.807, 2.05) is 13.0 Å². The summed E-state index contributed by atoms with van der Waals surface area (Å²) in [5, 5.41) is 11.8. The van der Waals surface area contributed by atoms with Gasteiger partial charge in [-0.3, -0.25) is 4.79 Å². The van der Waals surface area contributed by atoms with Crippen LogP contribution in [-0.2, 0) is 4.79 Å². The van der Waals surface area contributed by atoms with E-state index in [1.54, 1.807) is 18.2 Å². The summed E-state index contributed by atoms with van der Waals surface area (Å²) in [5.41, 5.74) is 0.482. The summed E-state index contributed by atoms with van der Waals surface area (Å²) in [5.74, 6) is 1.35. The lowest BCUT2D eigenvalue weighted by molar-refractivity contribution is -0.123. The van der Waals surface area contributed by atoms with Crippen molar-refractivity contribution in [3.05, 3.63) is 23.8 Å². The minimum absolute atomic E-state index is 0.0751. The fourth-order valence-electron chi connectivity index (χ4n) is 1.97. The number of nitrogens with zero attached hydrogens (tertiary/aromatic N) is 1. The second kappa shape index (κ2) is 8.93. The summed E-state index contributed by atoms with van der Waals surface area (Å²) in [7, 11) is 1.50. The summed E-state index contributed by atoms with van der Waals surface area (Å²) in [4.78, 5) is 11.9. The number of nitriles is 1. The van der Waals surface area contributed by atoms with Gasteiger partial charge in [-0.15, -0.1) is 0 Å². The maximum absolute atomic E-state index is 11.9. The molecular formula is C17H24N2O3. The molecule has 0 aliphatic carbocycles. The Morgan fingerprint density at radius 1 is 1.27 bits per heavy atom. The Morgan fingerprint density at radius 3 is 2.59 bits per heavy atom. The van der Waals surface area contributed by atoms with Crippen LogP contribution >= 0.6 is 0 Å². The molecule has 1 N–H and O–H groups in total. The van der Waals surface area contributed by atoms with E-state index >= 15 is 0 Å². The second-order valence-corrected chi connectivity index (χ2v) is 5.71. The zero-order valence-corrected chi connectivity index (χ0v) is 13.7. The molecule has 0 spiro atoms. The molecule has 1 aromatic rings. The van der Waals surface area contributed by atoms with Crippen molar-refractivity contribution in [2.45, 2.75) is 39.7 Å². The third-order valence-electron chi connectivity index (χ3n) is 3.24. The largest absolute Gasteiger partial charge is 0.493 e. The molecule has 120 valence electrons. The smallest absolute Gasteiger partial charge is 0.258 e. The van der Waals surface area contributed by atoms with Crippen molar-refractivity contribution in [3.8, 4) is 17.6 Å². The van der Waals surface area contributed by atoms with Gasteiger partial charge in [-0.2, -0.15) is 5.26 Å². The van der Waals surface area contributed by atoms with Gasteiger partial charge >= 0.3 is 0 Å². The maximum atomic E-state index is 11.9. The first kappa shape index (κ1) is 17.8. The highest BCUT2D eigenvalue weighted by Gasteiger charge is 2.11. The van der Waals surface area contributed by atoms with Crippen LogP contribution in [0.1, 0.15) is 39.2 Å². The summed E-state index contributed by atoms with van der Waals surface area (Å²) < 4.78 is 10.6. The molecule has 0 unspecified atom stereocenters. The normalized spacial score (nSPS) is 11.6. The topological polar surface area (TPSA) is 71.3 Å². The Labute approximate surface area is 132 Å². The van der Waals surface area contributed by atoms with E-state index in [1.165, 1.54) is 7.11 Å². The Balaban J connectivity index is 2.49. The number of hydrogen-bond acceptors (Lipinski definition) is 4. The van der Waals surface area contributed by atoms with Crippen LogP contribution in [0.15, 0.2) is 18.2 Å². The highest BCUT2D eigenvalue weighted by Crippen LogP contribution is 2.27. The molecule has 0 saturated carbocycles. The number of carbonyl (C=O) groups excluding carboxylic acids is 1. The number of nitrogens with one attached hydrogen (secondary N) is 1. The standard InChI is InChI=1S/C17H24N2O3/c1-12(2)5-6-13(3)19-17(20)11-22-15-8-7-14(10-18)9-16(15)21-4/h7-9,12-13H,5-6,11H2,1-4H3,(H,19,20)/t13-/m1/s1. The first-order chi connectivity index (χ1) is 10.5. The van der Waals surface area contributed by atoms with Gasteiger partial charge in [-0.1, -0.05) is 13.8 Å². The van der Waals surface area contributed by atoms with E-state index < -0.39 is 0 Å². The molecule has 0 bridgehead atoms. The molecule has 22 heavy (non-hydrogen) atoms. The molecule has 0 saturated heterocycles. The molecule has 5 heteroatoms. The van der Waals surface area contributed by atoms with Gasteiger partial charge in [0.25, 0.3) is 5.91 Å². The highest BCUT2D eigenvalue weighted by atomic mass is 16.5. The van der Waals surface area contributed by atoms with Crippen molar-refractivity contribution in [1.29, 1.82) is 5.26 Å². The van der Waals surface area contributed by atoms with Gasteiger partial charge in [0.1, 0.15) is 0 Å². The van der Waals surface area contributed by atoms with Crippen LogP contribution in [-0.4, -0.2) is 25.7 Å². The van der Waals surface area contributed by atoms with Crippen LogP contribution in [0.4, 0.5) is 0 Å². The second-order valence-electron chi connectivity index (χ2n) is 5.71. The monoisotopic (exact) mass is 304 g/mol. The fourth-order valence-corrected chi connectivity index (χ4v) is 1.97. The molecule has 0 aliphatic rings. The molecule has 0 heterocycles. The molecule has 0 aliphatic heterocycles. The van der Waals surface area contributed by atoms with Gasteiger partial charge < -0.3 is 14.8 Å². The Morgan fingerprint density at radius 2 is 2.00 bits per heavy atom. The van der Waals surface area contributed by atoms with Gasteiger partial charge in [-0.25, -0.2) is 0 Å². The molecule has 1 atom stereocenters. The molecule has 1 rings (SSSR count). The first-order valence-electron chi connectivity index (χ1n) is 7.46. The third-order valence-corrected chi connectivity index (χ3v) is 3.24. The highest BCUT2D eigenvalue weighted by molar-refractivity contribution is 5.77. The van der Waals surface area contributed by atoms with Gasteiger partial charge in [0.15, 0.2) is 18.1 Å². The minimum Gasteiger partial charge on any atom is -0.493 e. The van der Waals surface area contributed by atoms with Gasteiger partial charge in [-0.05, 0) is 37.8 Å². The number of rotatable bonds is 8. The van der Waals surface area contributed by atoms with Crippen molar-refractivity contribution >= 4 is 5.91 Å². The lowest BCUT2D eigenvalue weighted by Gasteiger charge is -2.16. The van der Waals surface area contributed by atoms with Crippen LogP contribution in [0.2, 0.25) is 0 Å². The fraction of sp³-hybridized carbons (Fsp3) is 0.529. The summed E-state index contributed by atoms with van der Waals surface area (Å²) in [6.07, 6.45) is 2.02. The maximum Gasteiger partial charge on any atom is 0.258 e. The quantitative estimate of drug-likeness (QED) is 0.801. The number of ether oxygens (including phenoxy) is 2. The van der Waals surface area contributed by atoms with Crippen LogP contribution < -0.4 is 14.8 Å². The zero-order valence-electron chi connectivity index (χ0n) is 13.7. The summed E-state index contributed by atoms with van der Waals surface area (Å²) in [6.45, 7) is 6.24. The van der Waals surface area contributed by atoms with Gasteiger partial charge in [0.2, 0.25) is 0 Å². The average Bonchev–Trinajstić information content (AvgIpc) is 2.50. The van der Waals surface area contributed by atoms with E-state index in [0.717, 1.165) is 12.8 Å². The molecule has 1 amide bonds. The predicted molar refractivity (Wildman–Crippen MR) is 84.9 cm³/mol. The summed E-state index contributed by atoms with van der Waals surface area (Å²) in [6, 6.07) is 6.99. The number of carbonyl (C=O) groups is 1. The number of hydrogen-bond donors (Lipinski definition) is 1. The predicted octanol–water partition coefficient (Wildman–Crippen LogP) is 2.89. The molecule has 0 fully saturated rings. The molecule has 1 aromatic carbocycles. The Kier molecular flexibility index (Phi) is 7.24. The number of benzene rings is 1. The molecule has 0 aromatic heterocycles. The lowest BCUT2D eigenvalue weighted by Crippen LogP contribution is -2.36. The van der Waals surface area contributed by atoms with E-state index in [0.29, 0.717) is 23.0 Å². The van der Waals surface area contributed by atoms with Crippen LogP contribution in [0, 0.1) is 17.2 Å².